The highest BCUT2D eigenvalue weighted by Crippen LogP contribution is 2.20. The van der Waals surface area contributed by atoms with Crippen LogP contribution in [0.5, 0.6) is 0 Å². The lowest BCUT2D eigenvalue weighted by molar-refractivity contribution is -0.137. The molecule has 1 aliphatic heterocycles. The molecule has 0 aliphatic carbocycles. The van der Waals surface area contributed by atoms with Crippen molar-refractivity contribution in [3.05, 3.63) is 35.6 Å². The fourth-order valence-corrected chi connectivity index (χ4v) is 2.93. The number of benzene rings is 1. The molecule has 0 spiro atoms. The van der Waals surface area contributed by atoms with E-state index in [2.05, 4.69) is 10.2 Å². The van der Waals surface area contributed by atoms with Gasteiger partial charge in [-0.3, -0.25) is 14.5 Å². The number of carboxylic acid groups (broad SMARTS) is 1. The minimum absolute atomic E-state index is 0.0865. The SMILES string of the molecule is O=C(O)CCC1CCCCN1CC(=O)NCc1ccc(F)cc1. The highest BCUT2D eigenvalue weighted by molar-refractivity contribution is 5.78. The van der Waals surface area contributed by atoms with Crippen LogP contribution in [0.2, 0.25) is 0 Å². The number of amides is 1. The lowest BCUT2D eigenvalue weighted by Gasteiger charge is -2.35. The maximum Gasteiger partial charge on any atom is 0.303 e. The summed E-state index contributed by atoms with van der Waals surface area (Å²) < 4.78 is 12.8. The molecule has 2 rings (SSSR count). The molecule has 1 aliphatic rings. The number of nitrogens with zero attached hydrogens (tertiary/aromatic N) is 1. The number of nitrogens with one attached hydrogen (secondary N) is 1. The second-order valence-corrected chi connectivity index (χ2v) is 5.96. The molecule has 0 bridgehead atoms. The summed E-state index contributed by atoms with van der Waals surface area (Å²) in [5.74, 6) is -1.18. The molecule has 1 fully saturated rings. The number of hydrogen-bond donors (Lipinski definition) is 2. The van der Waals surface area contributed by atoms with Crippen LogP contribution in [0.3, 0.4) is 0 Å². The van der Waals surface area contributed by atoms with Crippen LogP contribution in [0, 0.1) is 5.82 Å². The van der Waals surface area contributed by atoms with Crippen molar-refractivity contribution in [2.45, 2.75) is 44.7 Å². The Labute approximate surface area is 135 Å². The third-order valence-electron chi connectivity index (χ3n) is 4.19. The van der Waals surface area contributed by atoms with E-state index in [1.165, 1.54) is 12.1 Å². The van der Waals surface area contributed by atoms with Crippen LogP contribution in [0.1, 0.15) is 37.7 Å². The lowest BCUT2D eigenvalue weighted by atomic mass is 9.98. The van der Waals surface area contributed by atoms with Crippen molar-refractivity contribution >= 4 is 11.9 Å². The van der Waals surface area contributed by atoms with Gasteiger partial charge < -0.3 is 10.4 Å². The zero-order chi connectivity index (χ0) is 16.7. The molecule has 1 atom stereocenters. The average molecular weight is 322 g/mol. The maximum absolute atomic E-state index is 12.8. The Balaban J connectivity index is 1.79. The van der Waals surface area contributed by atoms with E-state index in [4.69, 9.17) is 5.11 Å². The molecular formula is C17H23FN2O3. The largest absolute Gasteiger partial charge is 0.481 e. The van der Waals surface area contributed by atoms with Crippen LogP contribution in [-0.4, -0.2) is 41.0 Å². The smallest absolute Gasteiger partial charge is 0.303 e. The standard InChI is InChI=1S/C17H23FN2O3/c18-14-6-4-13(5-7-14)11-19-16(21)12-20-10-2-1-3-15(20)8-9-17(22)23/h4-7,15H,1-3,8-12H2,(H,19,21)(H,22,23). The van der Waals surface area contributed by atoms with Crippen LogP contribution in [0.25, 0.3) is 0 Å². The summed E-state index contributed by atoms with van der Waals surface area (Å²) in [7, 11) is 0. The predicted molar refractivity (Wildman–Crippen MR) is 84.3 cm³/mol. The number of aliphatic carboxylic acids is 1. The number of piperidine rings is 1. The summed E-state index contributed by atoms with van der Waals surface area (Å²) in [6.45, 7) is 1.48. The Bertz CT molecular complexity index is 533. The van der Waals surface area contributed by atoms with Gasteiger partial charge in [0.2, 0.25) is 5.91 Å². The fraction of sp³-hybridized carbons (Fsp3) is 0.529. The normalized spacial score (nSPS) is 18.6. The third kappa shape index (κ3) is 5.98. The van der Waals surface area contributed by atoms with Crippen LogP contribution in [0.15, 0.2) is 24.3 Å². The Kier molecular flexibility index (Phi) is 6.52. The molecule has 6 heteroatoms. The minimum Gasteiger partial charge on any atom is -0.481 e. The number of hydrogen-bond acceptors (Lipinski definition) is 3. The van der Waals surface area contributed by atoms with Gasteiger partial charge in [0.15, 0.2) is 0 Å². The summed E-state index contributed by atoms with van der Waals surface area (Å²) in [5.41, 5.74) is 0.848. The van der Waals surface area contributed by atoms with Gasteiger partial charge in [-0.2, -0.15) is 0 Å². The van der Waals surface area contributed by atoms with Gasteiger partial charge in [-0.15, -0.1) is 0 Å². The number of carbonyl (C=O) groups is 2. The molecule has 1 aromatic rings. The van der Waals surface area contributed by atoms with E-state index in [0.717, 1.165) is 31.4 Å². The van der Waals surface area contributed by atoms with E-state index in [-0.39, 0.29) is 30.7 Å². The van der Waals surface area contributed by atoms with Gasteiger partial charge in [-0.05, 0) is 43.5 Å². The molecule has 126 valence electrons. The summed E-state index contributed by atoms with van der Waals surface area (Å²) in [6.07, 6.45) is 3.78. The van der Waals surface area contributed by atoms with Crippen molar-refractivity contribution < 1.29 is 19.1 Å². The molecule has 1 aromatic carbocycles. The summed E-state index contributed by atoms with van der Waals surface area (Å²) in [5, 5.41) is 11.6. The molecule has 23 heavy (non-hydrogen) atoms. The van der Waals surface area contributed by atoms with Gasteiger partial charge in [0.1, 0.15) is 5.82 Å². The number of likely N-dealkylation sites (tertiary alicyclic amines) is 1. The van der Waals surface area contributed by atoms with Crippen LogP contribution in [0.4, 0.5) is 4.39 Å². The van der Waals surface area contributed by atoms with Gasteiger partial charge >= 0.3 is 5.97 Å². The first-order chi connectivity index (χ1) is 11.0. The number of carbonyl (C=O) groups excluding carboxylic acids is 1. The van der Waals surface area contributed by atoms with Crippen molar-refractivity contribution in [1.82, 2.24) is 10.2 Å². The molecule has 2 N–H and O–H groups in total. The van der Waals surface area contributed by atoms with E-state index in [0.29, 0.717) is 13.0 Å². The number of carboxylic acids is 1. The maximum atomic E-state index is 12.8. The van der Waals surface area contributed by atoms with Crippen molar-refractivity contribution in [3.8, 4) is 0 Å². The van der Waals surface area contributed by atoms with E-state index in [9.17, 15) is 14.0 Å². The van der Waals surface area contributed by atoms with Crippen molar-refractivity contribution in [2.24, 2.45) is 0 Å². The van der Waals surface area contributed by atoms with Crippen LogP contribution in [-0.2, 0) is 16.1 Å². The number of halogens is 1. The molecule has 0 radical (unpaired) electrons. The van der Waals surface area contributed by atoms with E-state index in [1.54, 1.807) is 12.1 Å². The average Bonchev–Trinajstić information content (AvgIpc) is 2.53. The molecule has 0 aromatic heterocycles. The Morgan fingerprint density at radius 3 is 2.70 bits per heavy atom. The molecule has 0 saturated carbocycles. The monoisotopic (exact) mass is 322 g/mol. The van der Waals surface area contributed by atoms with E-state index < -0.39 is 5.97 Å². The topological polar surface area (TPSA) is 69.6 Å². The van der Waals surface area contributed by atoms with Gasteiger partial charge in [-0.25, -0.2) is 4.39 Å². The van der Waals surface area contributed by atoms with E-state index >= 15 is 0 Å². The highest BCUT2D eigenvalue weighted by atomic mass is 19.1. The highest BCUT2D eigenvalue weighted by Gasteiger charge is 2.24. The number of rotatable bonds is 7. The Morgan fingerprint density at radius 1 is 1.26 bits per heavy atom. The van der Waals surface area contributed by atoms with E-state index in [1.807, 2.05) is 0 Å². The van der Waals surface area contributed by atoms with Crippen molar-refractivity contribution in [1.29, 1.82) is 0 Å². The minimum atomic E-state index is -0.795. The van der Waals surface area contributed by atoms with Crippen molar-refractivity contribution in [3.63, 3.8) is 0 Å². The van der Waals surface area contributed by atoms with Gasteiger partial charge in [0, 0.05) is 19.0 Å². The molecule has 1 saturated heterocycles. The Hall–Kier alpha value is -1.95. The van der Waals surface area contributed by atoms with Gasteiger partial charge in [-0.1, -0.05) is 18.6 Å². The van der Waals surface area contributed by atoms with Gasteiger partial charge in [0.25, 0.3) is 0 Å². The zero-order valence-corrected chi connectivity index (χ0v) is 13.1. The zero-order valence-electron chi connectivity index (χ0n) is 13.1. The van der Waals surface area contributed by atoms with Crippen LogP contribution >= 0.6 is 0 Å². The molecule has 5 nitrogen and oxygen atoms in total. The summed E-state index contributed by atoms with van der Waals surface area (Å²) >= 11 is 0. The second-order valence-electron chi connectivity index (χ2n) is 5.96. The lowest BCUT2D eigenvalue weighted by Crippen LogP contribution is -2.45. The first kappa shape index (κ1) is 17.4. The quantitative estimate of drug-likeness (QED) is 0.807. The predicted octanol–water partition coefficient (Wildman–Crippen LogP) is 2.16. The first-order valence-electron chi connectivity index (χ1n) is 8.01. The van der Waals surface area contributed by atoms with Crippen LogP contribution < -0.4 is 5.32 Å². The molecule has 1 heterocycles. The first-order valence-corrected chi connectivity index (χ1v) is 8.01. The van der Waals surface area contributed by atoms with Gasteiger partial charge in [0.05, 0.1) is 6.54 Å². The molecule has 1 amide bonds. The fourth-order valence-electron chi connectivity index (χ4n) is 2.93. The summed E-state index contributed by atoms with van der Waals surface area (Å²) in [6, 6.07) is 6.19. The third-order valence-corrected chi connectivity index (χ3v) is 4.19. The van der Waals surface area contributed by atoms with Crippen molar-refractivity contribution in [2.75, 3.05) is 13.1 Å². The second kappa shape index (κ2) is 8.62. The summed E-state index contributed by atoms with van der Waals surface area (Å²) in [4.78, 5) is 24.9. The Morgan fingerprint density at radius 2 is 2.00 bits per heavy atom. The molecule has 1 unspecified atom stereocenters. The molecular weight excluding hydrogens is 299 g/mol.